The molecule has 0 saturated heterocycles. The fraction of sp³-hybridized carbons (Fsp3) is 0.444. The average molecular weight is 314 g/mol. The van der Waals surface area contributed by atoms with Crippen LogP contribution in [0.4, 0.5) is 0 Å². The van der Waals surface area contributed by atoms with Crippen molar-refractivity contribution < 1.29 is 4.52 Å². The Morgan fingerprint density at radius 3 is 2.61 bits per heavy atom. The Labute approximate surface area is 138 Å². The van der Waals surface area contributed by atoms with E-state index in [0.29, 0.717) is 12.5 Å². The van der Waals surface area contributed by atoms with Crippen molar-refractivity contribution in [3.63, 3.8) is 0 Å². The number of benzene rings is 1. The molecule has 1 atom stereocenters. The van der Waals surface area contributed by atoms with E-state index in [0.717, 1.165) is 17.4 Å². The van der Waals surface area contributed by atoms with E-state index in [1.807, 2.05) is 6.07 Å². The molecule has 1 heterocycles. The van der Waals surface area contributed by atoms with Gasteiger partial charge in [0.25, 0.3) is 0 Å². The van der Waals surface area contributed by atoms with Gasteiger partial charge in [-0.3, -0.25) is 4.99 Å². The van der Waals surface area contributed by atoms with Crippen LogP contribution in [0.5, 0.6) is 0 Å². The zero-order valence-corrected chi connectivity index (χ0v) is 14.6. The SMILES string of the molecule is CN=C(NCc1cc(C(C)C)no1)NC(C)c1ccccc1C. The summed E-state index contributed by atoms with van der Waals surface area (Å²) in [4.78, 5) is 4.27. The van der Waals surface area contributed by atoms with E-state index in [4.69, 9.17) is 4.52 Å². The van der Waals surface area contributed by atoms with Crippen molar-refractivity contribution in [1.29, 1.82) is 0 Å². The highest BCUT2D eigenvalue weighted by atomic mass is 16.5. The van der Waals surface area contributed by atoms with Crippen molar-refractivity contribution >= 4 is 5.96 Å². The van der Waals surface area contributed by atoms with Crippen molar-refractivity contribution in [3.8, 4) is 0 Å². The van der Waals surface area contributed by atoms with Gasteiger partial charge in [0.2, 0.25) is 0 Å². The quantitative estimate of drug-likeness (QED) is 0.654. The summed E-state index contributed by atoms with van der Waals surface area (Å²) in [5.74, 6) is 1.91. The minimum atomic E-state index is 0.170. The van der Waals surface area contributed by atoms with Gasteiger partial charge in [0, 0.05) is 13.1 Å². The van der Waals surface area contributed by atoms with Crippen LogP contribution in [0.1, 0.15) is 55.3 Å². The zero-order valence-electron chi connectivity index (χ0n) is 14.6. The molecule has 1 unspecified atom stereocenters. The van der Waals surface area contributed by atoms with Crippen molar-refractivity contribution in [2.24, 2.45) is 4.99 Å². The molecule has 0 bridgehead atoms. The van der Waals surface area contributed by atoms with Crippen LogP contribution in [0.3, 0.4) is 0 Å². The minimum Gasteiger partial charge on any atom is -0.359 e. The third-order valence-corrected chi connectivity index (χ3v) is 3.83. The van der Waals surface area contributed by atoms with E-state index in [2.05, 4.69) is 72.7 Å². The molecule has 124 valence electrons. The van der Waals surface area contributed by atoms with Gasteiger partial charge in [0.1, 0.15) is 0 Å². The number of nitrogens with one attached hydrogen (secondary N) is 2. The molecule has 0 aliphatic carbocycles. The smallest absolute Gasteiger partial charge is 0.191 e. The first-order valence-corrected chi connectivity index (χ1v) is 7.99. The number of rotatable bonds is 5. The molecular weight excluding hydrogens is 288 g/mol. The Morgan fingerprint density at radius 1 is 1.26 bits per heavy atom. The summed E-state index contributed by atoms with van der Waals surface area (Å²) in [6.45, 7) is 8.99. The summed E-state index contributed by atoms with van der Waals surface area (Å²) < 4.78 is 5.33. The molecular formula is C18H26N4O. The fourth-order valence-corrected chi connectivity index (χ4v) is 2.41. The number of hydrogen-bond donors (Lipinski definition) is 2. The number of guanidine groups is 1. The Morgan fingerprint density at radius 2 is 2.00 bits per heavy atom. The van der Waals surface area contributed by atoms with Crippen LogP contribution >= 0.6 is 0 Å². The maximum absolute atomic E-state index is 5.33. The third kappa shape index (κ3) is 4.58. The van der Waals surface area contributed by atoms with Crippen LogP contribution in [-0.4, -0.2) is 18.2 Å². The summed E-state index contributed by atoms with van der Waals surface area (Å²) in [6, 6.07) is 10.5. The van der Waals surface area contributed by atoms with Crippen LogP contribution in [-0.2, 0) is 6.54 Å². The molecule has 0 amide bonds. The van der Waals surface area contributed by atoms with Gasteiger partial charge < -0.3 is 15.2 Å². The molecule has 1 aromatic carbocycles. The van der Waals surface area contributed by atoms with Gasteiger partial charge in [-0.2, -0.15) is 0 Å². The lowest BCUT2D eigenvalue weighted by molar-refractivity contribution is 0.371. The van der Waals surface area contributed by atoms with Gasteiger partial charge in [-0.1, -0.05) is 43.3 Å². The first kappa shape index (κ1) is 17.1. The minimum absolute atomic E-state index is 0.170. The number of nitrogens with zero attached hydrogens (tertiary/aromatic N) is 2. The van der Waals surface area contributed by atoms with Crippen molar-refractivity contribution in [2.75, 3.05) is 7.05 Å². The Bertz CT molecular complexity index is 661. The molecule has 1 aromatic heterocycles. The predicted molar refractivity (Wildman–Crippen MR) is 93.5 cm³/mol. The predicted octanol–water partition coefficient (Wildman–Crippen LogP) is 3.53. The number of aromatic nitrogens is 1. The van der Waals surface area contributed by atoms with Gasteiger partial charge in [-0.25, -0.2) is 0 Å². The molecule has 23 heavy (non-hydrogen) atoms. The molecule has 5 nitrogen and oxygen atoms in total. The molecule has 0 aliphatic heterocycles. The summed E-state index contributed by atoms with van der Waals surface area (Å²) in [7, 11) is 1.76. The average Bonchev–Trinajstić information content (AvgIpc) is 3.00. The standard InChI is InChI=1S/C18H26N4O/c1-12(2)17-10-15(23-22-17)11-20-18(19-5)21-14(4)16-9-7-6-8-13(16)3/h6-10,12,14H,11H2,1-5H3,(H2,19,20,21). The lowest BCUT2D eigenvalue weighted by Gasteiger charge is -2.19. The van der Waals surface area contributed by atoms with Crippen molar-refractivity contribution in [2.45, 2.75) is 46.2 Å². The van der Waals surface area contributed by atoms with E-state index in [-0.39, 0.29) is 6.04 Å². The van der Waals surface area contributed by atoms with E-state index in [1.54, 1.807) is 7.05 Å². The lowest BCUT2D eigenvalue weighted by Crippen LogP contribution is -2.38. The second-order valence-corrected chi connectivity index (χ2v) is 6.02. The van der Waals surface area contributed by atoms with Crippen molar-refractivity contribution in [3.05, 3.63) is 52.9 Å². The van der Waals surface area contributed by atoms with Crippen LogP contribution in [0.2, 0.25) is 0 Å². The number of aliphatic imine (C=N–C) groups is 1. The summed E-state index contributed by atoms with van der Waals surface area (Å²) in [5.41, 5.74) is 3.50. The molecule has 0 saturated carbocycles. The number of hydrogen-bond acceptors (Lipinski definition) is 3. The molecule has 0 spiro atoms. The zero-order chi connectivity index (χ0) is 16.8. The summed E-state index contributed by atoms with van der Waals surface area (Å²) in [5, 5.41) is 10.7. The van der Waals surface area contributed by atoms with Gasteiger partial charge in [-0.05, 0) is 30.9 Å². The van der Waals surface area contributed by atoms with Gasteiger partial charge in [0.15, 0.2) is 11.7 Å². The largest absolute Gasteiger partial charge is 0.359 e. The van der Waals surface area contributed by atoms with E-state index in [1.165, 1.54) is 11.1 Å². The monoisotopic (exact) mass is 314 g/mol. The first-order valence-electron chi connectivity index (χ1n) is 7.99. The molecule has 0 radical (unpaired) electrons. The highest BCUT2D eigenvalue weighted by Crippen LogP contribution is 2.16. The number of aryl methyl sites for hydroxylation is 1. The first-order chi connectivity index (χ1) is 11.0. The van der Waals surface area contributed by atoms with Crippen LogP contribution < -0.4 is 10.6 Å². The molecule has 0 fully saturated rings. The van der Waals surface area contributed by atoms with Crippen LogP contribution in [0.25, 0.3) is 0 Å². The van der Waals surface area contributed by atoms with Crippen LogP contribution in [0.15, 0.2) is 39.8 Å². The second kappa shape index (κ2) is 7.81. The van der Waals surface area contributed by atoms with Gasteiger partial charge in [-0.15, -0.1) is 0 Å². The Kier molecular flexibility index (Phi) is 5.79. The topological polar surface area (TPSA) is 62.5 Å². The highest BCUT2D eigenvalue weighted by molar-refractivity contribution is 5.80. The fourth-order valence-electron chi connectivity index (χ4n) is 2.41. The molecule has 2 N–H and O–H groups in total. The maximum atomic E-state index is 5.33. The van der Waals surface area contributed by atoms with Crippen molar-refractivity contribution in [1.82, 2.24) is 15.8 Å². The van der Waals surface area contributed by atoms with E-state index >= 15 is 0 Å². The molecule has 0 aliphatic rings. The molecule has 2 rings (SSSR count). The Balaban J connectivity index is 1.94. The van der Waals surface area contributed by atoms with Gasteiger partial charge >= 0.3 is 0 Å². The van der Waals surface area contributed by atoms with Gasteiger partial charge in [0.05, 0.1) is 18.3 Å². The highest BCUT2D eigenvalue weighted by Gasteiger charge is 2.11. The molecule has 2 aromatic rings. The summed E-state index contributed by atoms with van der Waals surface area (Å²) >= 11 is 0. The Hall–Kier alpha value is -2.30. The third-order valence-electron chi connectivity index (χ3n) is 3.83. The second-order valence-electron chi connectivity index (χ2n) is 6.02. The van der Waals surface area contributed by atoms with E-state index in [9.17, 15) is 0 Å². The lowest BCUT2D eigenvalue weighted by atomic mass is 10.0. The molecule has 5 heteroatoms. The van der Waals surface area contributed by atoms with E-state index < -0.39 is 0 Å². The summed E-state index contributed by atoms with van der Waals surface area (Å²) in [6.07, 6.45) is 0. The van der Waals surface area contributed by atoms with Crippen LogP contribution in [0, 0.1) is 6.92 Å². The normalized spacial score (nSPS) is 13.2. The maximum Gasteiger partial charge on any atom is 0.191 e.